The first-order valence-corrected chi connectivity index (χ1v) is 10.8. The van der Waals surface area contributed by atoms with Crippen LogP contribution in [0.1, 0.15) is 15.9 Å². The number of rotatable bonds is 5. The Kier molecular flexibility index (Phi) is 7.12. The van der Waals surface area contributed by atoms with Crippen LogP contribution in [-0.2, 0) is 6.54 Å². The molecule has 0 aliphatic carbocycles. The molecule has 5 rings (SSSR count). The number of carbonyl (C=O) groups is 1. The third-order valence-corrected chi connectivity index (χ3v) is 5.30. The fourth-order valence-electron chi connectivity index (χ4n) is 3.32. The van der Waals surface area contributed by atoms with Crippen LogP contribution < -0.4 is 5.32 Å². The van der Waals surface area contributed by atoms with E-state index in [-0.39, 0.29) is 5.91 Å². The van der Waals surface area contributed by atoms with E-state index in [2.05, 4.69) is 39.7 Å². The smallest absolute Gasteiger partial charge is 0.252 e. The van der Waals surface area contributed by atoms with Crippen LogP contribution in [0.4, 0.5) is 0 Å². The highest BCUT2D eigenvalue weighted by Gasteiger charge is 2.12. The molecule has 7 nitrogen and oxygen atoms in total. The molecule has 0 spiro atoms. The molecule has 166 valence electrons. The van der Waals surface area contributed by atoms with E-state index in [0.29, 0.717) is 23.7 Å². The first-order chi connectivity index (χ1) is 16.1. The van der Waals surface area contributed by atoms with E-state index in [4.69, 9.17) is 11.6 Å². The summed E-state index contributed by atoms with van der Waals surface area (Å²) in [5, 5.41) is 16.3. The summed E-state index contributed by atoms with van der Waals surface area (Å²) in [4.78, 5) is 12.4. The predicted octanol–water partition coefficient (Wildman–Crippen LogP) is 4.70. The fraction of sp³-hybridized carbons (Fsp3) is 0.120. The zero-order valence-corrected chi connectivity index (χ0v) is 18.9. The van der Waals surface area contributed by atoms with Crippen molar-refractivity contribution in [1.29, 1.82) is 0 Å². The Bertz CT molecular complexity index is 1310. The maximum atomic E-state index is 12.4. The summed E-state index contributed by atoms with van der Waals surface area (Å²) in [6, 6.07) is 23.4. The molecule has 5 aromatic rings. The van der Waals surface area contributed by atoms with Crippen LogP contribution in [0.15, 0.2) is 91.6 Å². The molecule has 3 aromatic carbocycles. The van der Waals surface area contributed by atoms with Gasteiger partial charge in [0.15, 0.2) is 0 Å². The quantitative estimate of drug-likeness (QED) is 0.414. The van der Waals surface area contributed by atoms with Crippen molar-refractivity contribution in [2.24, 2.45) is 0 Å². The van der Waals surface area contributed by atoms with Gasteiger partial charge in [0.1, 0.15) is 12.7 Å². The Balaban J connectivity index is 0.000000376. The molecule has 0 saturated carbocycles. The van der Waals surface area contributed by atoms with Crippen LogP contribution >= 0.6 is 11.6 Å². The van der Waals surface area contributed by atoms with Crippen molar-refractivity contribution in [2.75, 3.05) is 6.54 Å². The minimum absolute atomic E-state index is 0.220. The zero-order chi connectivity index (χ0) is 23.0. The molecule has 2 aromatic heterocycles. The van der Waals surface area contributed by atoms with Crippen molar-refractivity contribution in [1.82, 2.24) is 29.9 Å². The second-order valence-corrected chi connectivity index (χ2v) is 7.78. The van der Waals surface area contributed by atoms with E-state index in [0.717, 1.165) is 16.6 Å². The molecule has 0 aliphatic heterocycles. The number of aryl methyl sites for hydroxylation is 1. The van der Waals surface area contributed by atoms with Crippen molar-refractivity contribution in [3.05, 3.63) is 108 Å². The Morgan fingerprint density at radius 2 is 1.67 bits per heavy atom. The molecule has 0 atom stereocenters. The number of aromatic nitrogens is 5. The van der Waals surface area contributed by atoms with Crippen molar-refractivity contribution in [3.8, 4) is 5.69 Å². The number of nitrogens with one attached hydrogen (secondary N) is 1. The number of hydrogen-bond donors (Lipinski definition) is 1. The number of carbonyl (C=O) groups excluding carboxylic acids is 1. The molecule has 8 heteroatoms. The lowest BCUT2D eigenvalue weighted by molar-refractivity contribution is 0.0952. The average Bonchev–Trinajstić information content (AvgIpc) is 3.51. The summed E-state index contributed by atoms with van der Waals surface area (Å²) in [6.45, 7) is 3.08. The highest BCUT2D eigenvalue weighted by molar-refractivity contribution is 6.34. The van der Waals surface area contributed by atoms with Gasteiger partial charge in [0, 0.05) is 17.6 Å². The minimum Gasteiger partial charge on any atom is -0.350 e. The molecule has 0 fully saturated rings. The van der Waals surface area contributed by atoms with Gasteiger partial charge < -0.3 is 5.32 Å². The van der Waals surface area contributed by atoms with Gasteiger partial charge in [0.2, 0.25) is 0 Å². The number of amides is 1. The van der Waals surface area contributed by atoms with Crippen LogP contribution in [-0.4, -0.2) is 37.0 Å². The first-order valence-electron chi connectivity index (χ1n) is 10.5. The maximum absolute atomic E-state index is 12.4. The number of halogens is 1. The van der Waals surface area contributed by atoms with Gasteiger partial charge in [-0.05, 0) is 37.3 Å². The van der Waals surface area contributed by atoms with Gasteiger partial charge in [-0.1, -0.05) is 59.6 Å². The summed E-state index contributed by atoms with van der Waals surface area (Å²) in [7, 11) is 0. The topological polar surface area (TPSA) is 77.6 Å². The fourth-order valence-corrected chi connectivity index (χ4v) is 3.58. The Hall–Kier alpha value is -3.97. The molecule has 0 radical (unpaired) electrons. The molecular formula is C25H23ClN6O. The average molecular weight is 459 g/mol. The molecule has 0 unspecified atom stereocenters. The second kappa shape index (κ2) is 10.6. The lowest BCUT2D eigenvalue weighted by Gasteiger charge is -2.09. The second-order valence-electron chi connectivity index (χ2n) is 7.37. The zero-order valence-electron chi connectivity index (χ0n) is 18.1. The number of nitrogens with zero attached hydrogens (tertiary/aromatic N) is 5. The van der Waals surface area contributed by atoms with E-state index in [9.17, 15) is 4.79 Å². The summed E-state index contributed by atoms with van der Waals surface area (Å²) >= 11 is 6.28. The Morgan fingerprint density at radius 1 is 0.970 bits per heavy atom. The van der Waals surface area contributed by atoms with Gasteiger partial charge in [0.25, 0.3) is 5.91 Å². The lowest BCUT2D eigenvalue weighted by atomic mass is 10.2. The molecule has 2 heterocycles. The molecular weight excluding hydrogens is 436 g/mol. The van der Waals surface area contributed by atoms with E-state index in [1.54, 1.807) is 35.4 Å². The number of benzene rings is 3. The van der Waals surface area contributed by atoms with E-state index >= 15 is 0 Å². The van der Waals surface area contributed by atoms with Crippen LogP contribution in [0, 0.1) is 6.92 Å². The van der Waals surface area contributed by atoms with E-state index < -0.39 is 0 Å². The van der Waals surface area contributed by atoms with Crippen molar-refractivity contribution in [2.45, 2.75) is 13.5 Å². The summed E-state index contributed by atoms with van der Waals surface area (Å²) in [6.07, 6.45) is 4.98. The van der Waals surface area contributed by atoms with Gasteiger partial charge in [-0.3, -0.25) is 14.0 Å². The molecule has 0 saturated heterocycles. The van der Waals surface area contributed by atoms with Crippen LogP contribution in [0.5, 0.6) is 0 Å². The van der Waals surface area contributed by atoms with Crippen molar-refractivity contribution >= 4 is 28.4 Å². The standard InChI is InChI=1S/C19H17ClN6O.C6H6/c1-13-2-5-18-14(8-13)10-24-26(18)7-6-21-19(27)16-4-3-15(9-17(16)20)25-11-22-23-12-25;1-2-4-6-5-3-1/h2-5,8-12H,6-7H2,1H3,(H,21,27);1-6H. The van der Waals surface area contributed by atoms with E-state index in [1.165, 1.54) is 5.56 Å². The molecule has 1 amide bonds. The van der Waals surface area contributed by atoms with Crippen LogP contribution in [0.2, 0.25) is 5.02 Å². The molecule has 0 aliphatic rings. The number of fused-ring (bicyclic) bond motifs is 1. The first kappa shape index (κ1) is 22.2. The predicted molar refractivity (Wildman–Crippen MR) is 130 cm³/mol. The van der Waals surface area contributed by atoms with Crippen LogP contribution in [0.25, 0.3) is 16.6 Å². The summed E-state index contributed by atoms with van der Waals surface area (Å²) in [5.74, 6) is -0.220. The highest BCUT2D eigenvalue weighted by atomic mass is 35.5. The van der Waals surface area contributed by atoms with Gasteiger partial charge in [-0.25, -0.2) is 0 Å². The summed E-state index contributed by atoms with van der Waals surface area (Å²) in [5.41, 5.74) is 3.46. The lowest BCUT2D eigenvalue weighted by Crippen LogP contribution is -2.27. The van der Waals surface area contributed by atoms with E-state index in [1.807, 2.05) is 53.3 Å². The third-order valence-electron chi connectivity index (χ3n) is 4.99. The summed E-state index contributed by atoms with van der Waals surface area (Å²) < 4.78 is 3.60. The maximum Gasteiger partial charge on any atom is 0.252 e. The van der Waals surface area contributed by atoms with Crippen molar-refractivity contribution < 1.29 is 4.79 Å². The molecule has 33 heavy (non-hydrogen) atoms. The monoisotopic (exact) mass is 458 g/mol. The molecule has 1 N–H and O–H groups in total. The van der Waals surface area contributed by atoms with Gasteiger partial charge >= 0.3 is 0 Å². The largest absolute Gasteiger partial charge is 0.350 e. The Morgan fingerprint density at radius 3 is 2.33 bits per heavy atom. The third kappa shape index (κ3) is 5.64. The van der Waals surface area contributed by atoms with Crippen LogP contribution in [0.3, 0.4) is 0 Å². The van der Waals surface area contributed by atoms with Gasteiger partial charge in [-0.2, -0.15) is 5.10 Å². The number of hydrogen-bond acceptors (Lipinski definition) is 4. The van der Waals surface area contributed by atoms with Crippen molar-refractivity contribution in [3.63, 3.8) is 0 Å². The van der Waals surface area contributed by atoms with Gasteiger partial charge in [0.05, 0.1) is 28.8 Å². The minimum atomic E-state index is -0.220. The Labute approximate surface area is 196 Å². The molecule has 0 bridgehead atoms. The highest BCUT2D eigenvalue weighted by Crippen LogP contribution is 2.20. The SMILES string of the molecule is Cc1ccc2c(cnn2CCNC(=O)c2ccc(-n3cnnc3)cc2Cl)c1.c1ccccc1. The normalized spacial score (nSPS) is 10.5. The van der Waals surface area contributed by atoms with Gasteiger partial charge in [-0.15, -0.1) is 10.2 Å².